The fourth-order valence-corrected chi connectivity index (χ4v) is 5.79. The normalized spacial score (nSPS) is 17.2. The van der Waals surface area contributed by atoms with E-state index in [9.17, 15) is 18.4 Å². The van der Waals surface area contributed by atoms with E-state index in [-0.39, 0.29) is 17.5 Å². The highest BCUT2D eigenvalue weighted by Gasteiger charge is 2.33. The van der Waals surface area contributed by atoms with Crippen LogP contribution in [0.4, 0.5) is 30.6 Å². The van der Waals surface area contributed by atoms with Crippen LogP contribution in [0.2, 0.25) is 0 Å². The summed E-state index contributed by atoms with van der Waals surface area (Å²) in [6.07, 6.45) is 3.47. The summed E-state index contributed by atoms with van der Waals surface area (Å²) in [5.74, 6) is -2.14. The summed E-state index contributed by atoms with van der Waals surface area (Å²) in [6, 6.07) is 11.9. The average molecular weight is 506 g/mol. The van der Waals surface area contributed by atoms with Crippen molar-refractivity contribution in [2.45, 2.75) is 18.9 Å². The minimum Gasteiger partial charge on any atom is -0.347 e. The molecule has 4 aromatic rings. The number of pyridine rings is 1. The molecule has 3 amide bonds. The Kier molecular flexibility index (Phi) is 5.62. The molecule has 1 atom stereocenters. The zero-order valence-corrected chi connectivity index (χ0v) is 19.8. The molecular weight excluding hydrogens is 484 g/mol. The molecule has 6 rings (SSSR count). The van der Waals surface area contributed by atoms with Crippen LogP contribution in [0.25, 0.3) is 21.3 Å². The van der Waals surface area contributed by atoms with E-state index in [1.165, 1.54) is 28.4 Å². The highest BCUT2D eigenvalue weighted by Crippen LogP contribution is 2.46. The van der Waals surface area contributed by atoms with Crippen molar-refractivity contribution in [1.82, 2.24) is 15.6 Å². The molecule has 2 aromatic heterocycles. The van der Waals surface area contributed by atoms with Crippen LogP contribution in [0.3, 0.4) is 0 Å². The third kappa shape index (κ3) is 3.78. The van der Waals surface area contributed by atoms with Gasteiger partial charge in [0.25, 0.3) is 5.91 Å². The molecule has 36 heavy (non-hydrogen) atoms. The molecule has 182 valence electrons. The van der Waals surface area contributed by atoms with Crippen molar-refractivity contribution in [2.75, 3.05) is 23.3 Å². The van der Waals surface area contributed by atoms with Gasteiger partial charge in [-0.05, 0) is 49.2 Å². The number of hydrogen-bond acceptors (Lipinski definition) is 5. The van der Waals surface area contributed by atoms with Crippen LogP contribution in [-0.4, -0.2) is 36.1 Å². The summed E-state index contributed by atoms with van der Waals surface area (Å²) in [5, 5.41) is 9.86. The summed E-state index contributed by atoms with van der Waals surface area (Å²) in [7, 11) is 0. The Balaban J connectivity index is 1.40. The molecule has 0 radical (unpaired) electrons. The average Bonchev–Trinajstić information content (AvgIpc) is 3.26. The van der Waals surface area contributed by atoms with Gasteiger partial charge >= 0.3 is 6.03 Å². The van der Waals surface area contributed by atoms with Gasteiger partial charge in [0.1, 0.15) is 9.71 Å². The van der Waals surface area contributed by atoms with Crippen LogP contribution in [0.1, 0.15) is 22.5 Å². The first kappa shape index (κ1) is 22.6. The van der Waals surface area contributed by atoms with Crippen molar-refractivity contribution < 1.29 is 18.4 Å². The Bertz CT molecular complexity index is 1520. The minimum atomic E-state index is -0.951. The Morgan fingerprint density at radius 1 is 1.17 bits per heavy atom. The van der Waals surface area contributed by atoms with E-state index in [1.54, 1.807) is 36.5 Å². The first-order chi connectivity index (χ1) is 17.5. The van der Waals surface area contributed by atoms with Gasteiger partial charge in [0.2, 0.25) is 0 Å². The van der Waals surface area contributed by atoms with Crippen molar-refractivity contribution in [2.24, 2.45) is 0 Å². The van der Waals surface area contributed by atoms with Crippen LogP contribution >= 0.6 is 11.3 Å². The predicted molar refractivity (Wildman–Crippen MR) is 136 cm³/mol. The van der Waals surface area contributed by atoms with E-state index < -0.39 is 17.7 Å². The maximum atomic E-state index is 14.4. The van der Waals surface area contributed by atoms with E-state index in [2.05, 4.69) is 20.9 Å². The summed E-state index contributed by atoms with van der Waals surface area (Å²) in [4.78, 5) is 33.4. The lowest BCUT2D eigenvalue weighted by Gasteiger charge is -2.29. The fourth-order valence-electron chi connectivity index (χ4n) is 4.77. The number of carbonyl (C=O) groups is 2. The number of urea groups is 1. The van der Waals surface area contributed by atoms with Crippen molar-refractivity contribution in [3.05, 3.63) is 71.2 Å². The summed E-state index contributed by atoms with van der Waals surface area (Å²) in [6.45, 7) is 1.64. The second-order valence-corrected chi connectivity index (χ2v) is 9.75. The van der Waals surface area contributed by atoms with E-state index in [1.807, 2.05) is 0 Å². The van der Waals surface area contributed by atoms with Gasteiger partial charge in [-0.3, -0.25) is 9.69 Å². The van der Waals surface area contributed by atoms with Crippen molar-refractivity contribution in [3.63, 3.8) is 0 Å². The topological polar surface area (TPSA) is 86.4 Å². The fraction of sp³-hybridized carbons (Fsp3) is 0.192. The van der Waals surface area contributed by atoms with Gasteiger partial charge in [-0.25, -0.2) is 18.6 Å². The summed E-state index contributed by atoms with van der Waals surface area (Å²) >= 11 is 1.23. The maximum Gasteiger partial charge on any atom is 0.331 e. The largest absolute Gasteiger partial charge is 0.347 e. The number of aromatic nitrogens is 1. The molecule has 0 spiro atoms. The quantitative estimate of drug-likeness (QED) is 0.346. The number of carbonyl (C=O) groups excluding carboxylic acids is 2. The monoisotopic (exact) mass is 505 g/mol. The van der Waals surface area contributed by atoms with Crippen LogP contribution < -0.4 is 20.9 Å². The van der Waals surface area contributed by atoms with Crippen LogP contribution in [-0.2, 0) is 0 Å². The molecule has 2 aromatic carbocycles. The molecule has 1 fully saturated rings. The molecule has 4 heterocycles. The Labute approximate surface area is 209 Å². The van der Waals surface area contributed by atoms with E-state index >= 15 is 0 Å². The molecule has 1 unspecified atom stereocenters. The molecule has 3 N–H and O–H groups in total. The number of thiophene rings is 1. The molecular formula is C26H21F2N5O2S. The van der Waals surface area contributed by atoms with Gasteiger partial charge in [0.15, 0.2) is 11.6 Å². The molecule has 0 bridgehead atoms. The minimum absolute atomic E-state index is 0.0258. The number of nitrogens with one attached hydrogen (secondary N) is 3. The molecule has 7 nitrogen and oxygen atoms in total. The second-order valence-electron chi connectivity index (χ2n) is 8.75. The van der Waals surface area contributed by atoms with E-state index in [0.717, 1.165) is 25.5 Å². The van der Waals surface area contributed by atoms with E-state index in [0.29, 0.717) is 44.3 Å². The standard InChI is InChI=1S/C26H21F2N5O2S/c27-18-8-2-7-17(21(18)28)14-4-1-6-16(12-14)33-19-9-11-30-25-20(19)22(32-26(33)35)23(36-25)24(34)31-15-5-3-10-29-13-15/h1-2,4,6-9,11-12,15,29H,3,5,10,13H2,(H,31,34)(H,32,35). The van der Waals surface area contributed by atoms with Crippen LogP contribution in [0, 0.1) is 11.6 Å². The zero-order chi connectivity index (χ0) is 24.8. The van der Waals surface area contributed by atoms with Crippen molar-refractivity contribution in [1.29, 1.82) is 0 Å². The summed E-state index contributed by atoms with van der Waals surface area (Å²) < 4.78 is 28.3. The number of amides is 3. The lowest BCUT2D eigenvalue weighted by molar-refractivity contribution is 0.0935. The third-order valence-electron chi connectivity index (χ3n) is 6.45. The van der Waals surface area contributed by atoms with E-state index in [4.69, 9.17) is 0 Å². The van der Waals surface area contributed by atoms with Gasteiger partial charge in [-0.15, -0.1) is 11.3 Å². The lowest BCUT2D eigenvalue weighted by Crippen LogP contribution is -2.45. The van der Waals surface area contributed by atoms with Gasteiger partial charge in [0, 0.05) is 24.3 Å². The maximum absolute atomic E-state index is 14.4. The molecule has 0 saturated carbocycles. The Morgan fingerprint density at radius 2 is 2.03 bits per heavy atom. The third-order valence-corrected chi connectivity index (χ3v) is 7.55. The van der Waals surface area contributed by atoms with Gasteiger partial charge in [-0.2, -0.15) is 0 Å². The number of benzene rings is 2. The first-order valence-corrected chi connectivity index (χ1v) is 12.4. The van der Waals surface area contributed by atoms with Crippen molar-refractivity contribution >= 4 is 50.6 Å². The molecule has 2 aliphatic heterocycles. The smallest absolute Gasteiger partial charge is 0.331 e. The molecule has 0 aliphatic carbocycles. The van der Waals surface area contributed by atoms with Gasteiger partial charge in [0.05, 0.1) is 22.4 Å². The Morgan fingerprint density at radius 3 is 2.86 bits per heavy atom. The second kappa shape index (κ2) is 8.96. The number of halogens is 2. The van der Waals surface area contributed by atoms with Crippen molar-refractivity contribution in [3.8, 4) is 11.1 Å². The first-order valence-electron chi connectivity index (χ1n) is 11.6. The van der Waals surface area contributed by atoms with Crippen LogP contribution in [0.15, 0.2) is 54.7 Å². The number of rotatable bonds is 4. The predicted octanol–water partition coefficient (Wildman–Crippen LogP) is 5.41. The Hall–Kier alpha value is -3.89. The van der Waals surface area contributed by atoms with Gasteiger partial charge in [-0.1, -0.05) is 24.3 Å². The number of hydrogen-bond donors (Lipinski definition) is 3. The number of nitrogens with zero attached hydrogens (tertiary/aromatic N) is 2. The molecule has 2 aliphatic rings. The number of piperidine rings is 1. The molecule has 10 heteroatoms. The summed E-state index contributed by atoms with van der Waals surface area (Å²) in [5.41, 5.74) is 2.00. The van der Waals surface area contributed by atoms with Gasteiger partial charge < -0.3 is 16.0 Å². The lowest BCUT2D eigenvalue weighted by atomic mass is 10.0. The highest BCUT2D eigenvalue weighted by atomic mass is 32.1. The SMILES string of the molecule is O=C(NC1CCCNC1)c1sc2nccc3c2c1NC(=O)N3c1cccc(-c2cccc(F)c2F)c1. The highest BCUT2D eigenvalue weighted by molar-refractivity contribution is 7.21. The molecule has 1 saturated heterocycles. The van der Waals surface area contributed by atoms with Crippen LogP contribution in [0.5, 0.6) is 0 Å². The number of anilines is 3. The zero-order valence-electron chi connectivity index (χ0n) is 19.0.